The molecular formula is C9H11ClF3N. The van der Waals surface area contributed by atoms with Crippen molar-refractivity contribution in [3.8, 4) is 0 Å². The van der Waals surface area contributed by atoms with Crippen LogP contribution < -0.4 is 5.73 Å². The molecular weight excluding hydrogens is 215 g/mol. The fraction of sp³-hybridized carbons (Fsp3) is 0.333. The lowest BCUT2D eigenvalue weighted by Gasteiger charge is -2.13. The smallest absolute Gasteiger partial charge is 0.257 e. The van der Waals surface area contributed by atoms with Crippen LogP contribution in [0.2, 0.25) is 0 Å². The van der Waals surface area contributed by atoms with Gasteiger partial charge in [0.1, 0.15) is 5.82 Å². The monoisotopic (exact) mass is 225 g/mol. The van der Waals surface area contributed by atoms with Crippen LogP contribution in [-0.4, -0.2) is 6.43 Å². The third kappa shape index (κ3) is 2.89. The predicted molar refractivity (Wildman–Crippen MR) is 51.3 cm³/mol. The minimum atomic E-state index is -2.67. The second-order valence-electron chi connectivity index (χ2n) is 2.86. The summed E-state index contributed by atoms with van der Waals surface area (Å²) in [5.41, 5.74) is 5.93. The minimum absolute atomic E-state index is 0. The number of nitrogens with two attached hydrogens (primary N) is 1. The zero-order chi connectivity index (χ0) is 10.0. The van der Waals surface area contributed by atoms with Gasteiger partial charge in [0, 0.05) is 0 Å². The molecule has 0 bridgehead atoms. The van der Waals surface area contributed by atoms with Crippen molar-refractivity contribution in [3.63, 3.8) is 0 Å². The zero-order valence-corrected chi connectivity index (χ0v) is 8.32. The number of rotatable bonds is 2. The van der Waals surface area contributed by atoms with Gasteiger partial charge in [0.15, 0.2) is 0 Å². The molecule has 80 valence electrons. The number of aryl methyl sites for hydroxylation is 1. The molecule has 1 aromatic rings. The van der Waals surface area contributed by atoms with Crippen LogP contribution in [0, 0.1) is 12.7 Å². The van der Waals surface area contributed by atoms with E-state index in [0.717, 1.165) is 6.07 Å². The summed E-state index contributed by atoms with van der Waals surface area (Å²) in [5.74, 6) is -0.545. The van der Waals surface area contributed by atoms with Gasteiger partial charge in [0.2, 0.25) is 0 Å². The van der Waals surface area contributed by atoms with Crippen molar-refractivity contribution in [2.45, 2.75) is 19.4 Å². The van der Waals surface area contributed by atoms with Crippen molar-refractivity contribution in [1.29, 1.82) is 0 Å². The van der Waals surface area contributed by atoms with E-state index in [2.05, 4.69) is 0 Å². The number of hydrogen-bond donors (Lipinski definition) is 1. The van der Waals surface area contributed by atoms with E-state index < -0.39 is 18.3 Å². The fourth-order valence-corrected chi connectivity index (χ4v) is 1.11. The molecule has 0 saturated carbocycles. The van der Waals surface area contributed by atoms with Crippen LogP contribution in [0.4, 0.5) is 13.2 Å². The lowest BCUT2D eigenvalue weighted by atomic mass is 10.0. The maximum atomic E-state index is 12.7. The Hall–Kier alpha value is -0.740. The molecule has 1 rings (SSSR count). The van der Waals surface area contributed by atoms with Crippen LogP contribution >= 0.6 is 12.4 Å². The van der Waals surface area contributed by atoms with E-state index in [9.17, 15) is 13.2 Å². The third-order valence-electron chi connectivity index (χ3n) is 1.87. The molecule has 0 radical (unpaired) electrons. The normalized spacial score (nSPS) is 12.4. The maximum Gasteiger partial charge on any atom is 0.257 e. The summed E-state index contributed by atoms with van der Waals surface area (Å²) in [6, 6.07) is 2.30. The average Bonchev–Trinajstić information content (AvgIpc) is 2.08. The van der Waals surface area contributed by atoms with Crippen LogP contribution in [0.25, 0.3) is 0 Å². The van der Waals surface area contributed by atoms with Gasteiger partial charge in [-0.15, -0.1) is 12.4 Å². The molecule has 0 amide bonds. The Balaban J connectivity index is 0.00000169. The van der Waals surface area contributed by atoms with Crippen LogP contribution in [0.5, 0.6) is 0 Å². The molecule has 0 unspecified atom stereocenters. The molecule has 0 heterocycles. The average molecular weight is 226 g/mol. The van der Waals surface area contributed by atoms with E-state index in [1.807, 2.05) is 0 Å². The van der Waals surface area contributed by atoms with E-state index in [1.54, 1.807) is 6.92 Å². The van der Waals surface area contributed by atoms with Gasteiger partial charge in [-0.2, -0.15) is 0 Å². The first-order valence-electron chi connectivity index (χ1n) is 3.82. The molecule has 0 aliphatic rings. The summed E-state index contributed by atoms with van der Waals surface area (Å²) in [6.45, 7) is 1.62. The van der Waals surface area contributed by atoms with E-state index >= 15 is 0 Å². The van der Waals surface area contributed by atoms with Crippen LogP contribution in [0.15, 0.2) is 18.2 Å². The van der Waals surface area contributed by atoms with Crippen LogP contribution in [0.3, 0.4) is 0 Å². The Morgan fingerprint density at radius 3 is 2.36 bits per heavy atom. The summed E-state index contributed by atoms with van der Waals surface area (Å²) in [4.78, 5) is 0. The first-order valence-corrected chi connectivity index (χ1v) is 3.82. The summed E-state index contributed by atoms with van der Waals surface area (Å²) in [7, 11) is 0. The number of alkyl halides is 2. The summed E-state index contributed by atoms with van der Waals surface area (Å²) < 4.78 is 37.0. The highest BCUT2D eigenvalue weighted by Crippen LogP contribution is 2.21. The van der Waals surface area contributed by atoms with Crippen molar-refractivity contribution in [3.05, 3.63) is 35.1 Å². The van der Waals surface area contributed by atoms with E-state index in [0.29, 0.717) is 5.56 Å². The van der Waals surface area contributed by atoms with Gasteiger partial charge in [-0.05, 0) is 30.2 Å². The minimum Gasteiger partial charge on any atom is -0.319 e. The Kier molecular flexibility index (Phi) is 4.94. The number of halogens is 4. The van der Waals surface area contributed by atoms with Gasteiger partial charge in [-0.1, -0.05) is 6.07 Å². The van der Waals surface area contributed by atoms with Gasteiger partial charge < -0.3 is 5.73 Å². The van der Waals surface area contributed by atoms with Crippen molar-refractivity contribution in [1.82, 2.24) is 0 Å². The van der Waals surface area contributed by atoms with Gasteiger partial charge >= 0.3 is 0 Å². The Labute approximate surface area is 86.5 Å². The first kappa shape index (κ1) is 13.3. The van der Waals surface area contributed by atoms with Crippen molar-refractivity contribution in [2.24, 2.45) is 5.73 Å². The largest absolute Gasteiger partial charge is 0.319 e. The molecule has 0 aliphatic carbocycles. The van der Waals surface area contributed by atoms with Crippen LogP contribution in [0.1, 0.15) is 17.2 Å². The third-order valence-corrected chi connectivity index (χ3v) is 1.87. The van der Waals surface area contributed by atoms with Crippen molar-refractivity contribution < 1.29 is 13.2 Å². The van der Waals surface area contributed by atoms with Gasteiger partial charge in [-0.25, -0.2) is 13.2 Å². The highest BCUT2D eigenvalue weighted by Gasteiger charge is 2.19. The van der Waals surface area contributed by atoms with Crippen LogP contribution in [-0.2, 0) is 0 Å². The Morgan fingerprint density at radius 2 is 1.86 bits per heavy atom. The number of hydrogen-bond acceptors (Lipinski definition) is 1. The Morgan fingerprint density at radius 1 is 1.29 bits per heavy atom. The number of benzene rings is 1. The second kappa shape index (κ2) is 5.22. The SMILES string of the molecule is Cc1ccc(F)cc1[C@@H](N)C(F)F.Cl. The summed E-state index contributed by atoms with van der Waals surface area (Å²) in [6.07, 6.45) is -2.67. The molecule has 1 aromatic carbocycles. The second-order valence-corrected chi connectivity index (χ2v) is 2.86. The van der Waals surface area contributed by atoms with Gasteiger partial charge in [-0.3, -0.25) is 0 Å². The van der Waals surface area contributed by atoms with E-state index in [1.165, 1.54) is 12.1 Å². The standard InChI is InChI=1S/C9H10F3N.ClH/c1-5-2-3-6(10)4-7(5)8(13)9(11)12;/h2-4,8-9H,13H2,1H3;1H/t8-;/m1./s1. The zero-order valence-electron chi connectivity index (χ0n) is 7.51. The summed E-state index contributed by atoms with van der Waals surface area (Å²) in [5, 5.41) is 0. The highest BCUT2D eigenvalue weighted by molar-refractivity contribution is 5.85. The highest BCUT2D eigenvalue weighted by atomic mass is 35.5. The van der Waals surface area contributed by atoms with Crippen molar-refractivity contribution >= 4 is 12.4 Å². The molecule has 1 atom stereocenters. The summed E-state index contributed by atoms with van der Waals surface area (Å²) >= 11 is 0. The Bertz CT molecular complexity index is 304. The molecule has 5 heteroatoms. The van der Waals surface area contributed by atoms with E-state index in [4.69, 9.17) is 5.73 Å². The predicted octanol–water partition coefficient (Wildman–Crippen LogP) is 2.82. The lowest BCUT2D eigenvalue weighted by molar-refractivity contribution is 0.116. The van der Waals surface area contributed by atoms with Gasteiger partial charge in [0.25, 0.3) is 6.43 Å². The quantitative estimate of drug-likeness (QED) is 0.823. The first-order chi connectivity index (χ1) is 6.02. The molecule has 0 saturated heterocycles. The van der Waals surface area contributed by atoms with Crippen molar-refractivity contribution in [2.75, 3.05) is 0 Å². The molecule has 0 aromatic heterocycles. The maximum absolute atomic E-state index is 12.7. The van der Waals surface area contributed by atoms with E-state index in [-0.39, 0.29) is 18.0 Å². The molecule has 14 heavy (non-hydrogen) atoms. The fourth-order valence-electron chi connectivity index (χ4n) is 1.11. The molecule has 0 spiro atoms. The lowest BCUT2D eigenvalue weighted by Crippen LogP contribution is -2.20. The van der Waals surface area contributed by atoms with Gasteiger partial charge in [0.05, 0.1) is 6.04 Å². The molecule has 0 aliphatic heterocycles. The molecule has 0 fully saturated rings. The molecule has 2 N–H and O–H groups in total. The molecule has 1 nitrogen and oxygen atoms in total. The topological polar surface area (TPSA) is 26.0 Å².